The molecule has 6 nitrogen and oxygen atoms in total. The largest absolute Gasteiger partial charge is 0.456 e. The molecule has 0 bridgehead atoms. The highest BCUT2D eigenvalue weighted by molar-refractivity contribution is 6.27. The predicted octanol–water partition coefficient (Wildman–Crippen LogP) is 14.5. The van der Waals surface area contributed by atoms with Gasteiger partial charge in [0.2, 0.25) is 0 Å². The van der Waals surface area contributed by atoms with Crippen LogP contribution in [0.15, 0.2) is 213 Å². The van der Waals surface area contributed by atoms with Gasteiger partial charge in [0.1, 0.15) is 34.3 Å². The van der Waals surface area contributed by atoms with E-state index in [1.165, 1.54) is 32.3 Å². The molecule has 0 spiro atoms. The molecule has 0 fully saturated rings. The molecule has 1 N–H and O–H groups in total. The lowest BCUT2D eigenvalue weighted by atomic mass is 9.99. The first-order valence-electron chi connectivity index (χ1n) is 21.3. The van der Waals surface area contributed by atoms with E-state index in [0.29, 0.717) is 11.7 Å². The average Bonchev–Trinajstić information content (AvgIpc) is 4.00. The van der Waals surface area contributed by atoms with Crippen LogP contribution < -0.4 is 5.32 Å². The molecular formula is C57H34N4O2. The van der Waals surface area contributed by atoms with E-state index in [1.54, 1.807) is 0 Å². The number of furan rings is 2. The van der Waals surface area contributed by atoms with Crippen molar-refractivity contribution in [3.8, 4) is 5.69 Å². The fraction of sp³-hybridized carbons (Fsp3) is 0.0175. The van der Waals surface area contributed by atoms with Gasteiger partial charge in [0.05, 0.1) is 27.8 Å². The van der Waals surface area contributed by atoms with Crippen molar-refractivity contribution in [3.05, 3.63) is 211 Å². The third-order valence-electron chi connectivity index (χ3n) is 13.0. The Morgan fingerprint density at radius 3 is 1.73 bits per heavy atom. The van der Waals surface area contributed by atoms with Gasteiger partial charge >= 0.3 is 0 Å². The summed E-state index contributed by atoms with van der Waals surface area (Å²) in [6.45, 7) is 0. The van der Waals surface area contributed by atoms with Crippen LogP contribution in [-0.4, -0.2) is 16.2 Å². The number of hydrogen-bond donors (Lipinski definition) is 1. The number of nitrogens with zero attached hydrogens (tertiary/aromatic N) is 3. The van der Waals surface area contributed by atoms with E-state index in [2.05, 4.69) is 186 Å². The number of fused-ring (bicyclic) bond motifs is 12. The SMILES string of the molecule is c1ccc(C2N=C(c3cccc4c3oc3ccccc34)N=C(c3c(-n4c5cc6ccccc6cc5c5cc6ccccc6cc54)ccc4oc5cc6ccccc6cc5c34)N2)cc1. The Morgan fingerprint density at radius 2 is 1.03 bits per heavy atom. The van der Waals surface area contributed by atoms with Gasteiger partial charge in [-0.05, 0) is 98.5 Å². The van der Waals surface area contributed by atoms with Crippen LogP contribution in [0.25, 0.3) is 104 Å². The van der Waals surface area contributed by atoms with Gasteiger partial charge < -0.3 is 18.7 Å². The number of hydrogen-bond acceptors (Lipinski definition) is 5. The van der Waals surface area contributed by atoms with Crippen LogP contribution in [0, 0.1) is 0 Å². The molecule has 1 unspecified atom stereocenters. The van der Waals surface area contributed by atoms with Crippen molar-refractivity contribution < 1.29 is 8.83 Å². The van der Waals surface area contributed by atoms with Gasteiger partial charge in [-0.25, -0.2) is 9.98 Å². The smallest absolute Gasteiger partial charge is 0.163 e. The molecule has 1 aliphatic heterocycles. The molecule has 1 atom stereocenters. The second-order valence-electron chi connectivity index (χ2n) is 16.5. The molecular weight excluding hydrogens is 773 g/mol. The first kappa shape index (κ1) is 34.3. The summed E-state index contributed by atoms with van der Waals surface area (Å²) in [4.78, 5) is 11.0. The zero-order valence-electron chi connectivity index (χ0n) is 33.7. The maximum absolute atomic E-state index is 6.83. The van der Waals surface area contributed by atoms with Crippen LogP contribution in [0.1, 0.15) is 22.9 Å². The first-order valence-corrected chi connectivity index (χ1v) is 21.3. The van der Waals surface area contributed by atoms with Crippen LogP contribution in [-0.2, 0) is 0 Å². The highest BCUT2D eigenvalue weighted by Gasteiger charge is 2.29. The number of amidine groups is 2. The van der Waals surface area contributed by atoms with Gasteiger partial charge in [0.25, 0.3) is 0 Å². The van der Waals surface area contributed by atoms with E-state index in [0.717, 1.165) is 88.1 Å². The standard InChI is InChI=1S/C57H34N4O2/c1-2-13-33(14-3-1)55-58-56(42-23-12-22-41-40-21-10-11-24-49(40)63-54(41)42)60-57(59-55)53-46(25-26-50-52(53)45-29-36-17-6-9-20-39(36)32-51(45)62-50)61-47-30-37-18-7-4-15-34(37)27-43(47)44-28-35-16-5-8-19-38(35)31-48(44)61/h1-32,55H,(H,58,59,60). The highest BCUT2D eigenvalue weighted by atomic mass is 16.3. The van der Waals surface area contributed by atoms with Crippen LogP contribution in [0.3, 0.4) is 0 Å². The Balaban J connectivity index is 1.13. The molecule has 0 amide bonds. The topological polar surface area (TPSA) is 68.0 Å². The predicted molar refractivity (Wildman–Crippen MR) is 260 cm³/mol. The van der Waals surface area contributed by atoms with Crippen molar-refractivity contribution in [2.75, 3.05) is 0 Å². The van der Waals surface area contributed by atoms with E-state index in [9.17, 15) is 0 Å². The van der Waals surface area contributed by atoms with Crippen molar-refractivity contribution in [2.45, 2.75) is 6.17 Å². The summed E-state index contributed by atoms with van der Waals surface area (Å²) in [5.41, 5.74) is 9.14. The third kappa shape index (κ3) is 5.12. The lowest BCUT2D eigenvalue weighted by Gasteiger charge is -2.25. The molecule has 6 heteroatoms. The number of aromatic nitrogens is 1. The average molecular weight is 807 g/mol. The number of rotatable bonds is 4. The molecule has 0 saturated carbocycles. The summed E-state index contributed by atoms with van der Waals surface area (Å²) in [6, 6.07) is 68.7. The minimum atomic E-state index is -0.457. The van der Waals surface area contributed by atoms with E-state index >= 15 is 0 Å². The van der Waals surface area contributed by atoms with E-state index in [1.807, 2.05) is 18.2 Å². The van der Waals surface area contributed by atoms with Crippen molar-refractivity contribution in [2.24, 2.45) is 9.98 Å². The highest BCUT2D eigenvalue weighted by Crippen LogP contribution is 2.43. The Hall–Kier alpha value is -8.48. The quantitative estimate of drug-likeness (QED) is 0.193. The lowest BCUT2D eigenvalue weighted by Crippen LogP contribution is -2.34. The molecule has 14 rings (SSSR count). The van der Waals surface area contributed by atoms with Crippen molar-refractivity contribution in [1.29, 1.82) is 0 Å². The van der Waals surface area contributed by atoms with Gasteiger partial charge in [-0.15, -0.1) is 0 Å². The van der Waals surface area contributed by atoms with Crippen molar-refractivity contribution in [1.82, 2.24) is 9.88 Å². The molecule has 13 aromatic rings. The summed E-state index contributed by atoms with van der Waals surface area (Å²) in [5, 5.41) is 17.3. The Morgan fingerprint density at radius 1 is 0.444 bits per heavy atom. The third-order valence-corrected chi connectivity index (χ3v) is 13.0. The molecule has 3 aromatic heterocycles. The Bertz CT molecular complexity index is 4040. The summed E-state index contributed by atoms with van der Waals surface area (Å²) in [5.74, 6) is 1.28. The summed E-state index contributed by atoms with van der Waals surface area (Å²) >= 11 is 0. The van der Waals surface area contributed by atoms with Gasteiger partial charge in [0, 0.05) is 32.3 Å². The Labute approximate surface area is 359 Å². The molecule has 294 valence electrons. The maximum atomic E-state index is 6.83. The number of benzene rings is 10. The number of para-hydroxylation sites is 2. The fourth-order valence-electron chi connectivity index (χ4n) is 10.0. The zero-order valence-corrected chi connectivity index (χ0v) is 33.7. The van der Waals surface area contributed by atoms with Gasteiger partial charge in [-0.1, -0.05) is 133 Å². The summed E-state index contributed by atoms with van der Waals surface area (Å²) < 4.78 is 15.9. The second-order valence-corrected chi connectivity index (χ2v) is 16.5. The molecule has 63 heavy (non-hydrogen) atoms. The van der Waals surface area contributed by atoms with Crippen molar-refractivity contribution >= 4 is 110 Å². The monoisotopic (exact) mass is 806 g/mol. The first-order chi connectivity index (χ1) is 31.2. The van der Waals surface area contributed by atoms with E-state index < -0.39 is 6.17 Å². The molecule has 0 aliphatic carbocycles. The minimum Gasteiger partial charge on any atom is -0.456 e. The normalized spacial score (nSPS) is 14.5. The van der Waals surface area contributed by atoms with Crippen molar-refractivity contribution in [3.63, 3.8) is 0 Å². The number of nitrogens with one attached hydrogen (secondary N) is 1. The fourth-order valence-corrected chi connectivity index (χ4v) is 10.0. The van der Waals surface area contributed by atoms with Crippen LogP contribution in [0.4, 0.5) is 0 Å². The minimum absolute atomic E-state index is 0.457. The number of aliphatic imine (C=N–C) groups is 2. The molecule has 0 saturated heterocycles. The van der Waals surface area contributed by atoms with Crippen LogP contribution >= 0.6 is 0 Å². The molecule has 0 radical (unpaired) electrons. The summed E-state index contributed by atoms with van der Waals surface area (Å²) in [7, 11) is 0. The van der Waals surface area contributed by atoms with E-state index in [4.69, 9.17) is 18.8 Å². The van der Waals surface area contributed by atoms with Crippen LogP contribution in [0.2, 0.25) is 0 Å². The summed E-state index contributed by atoms with van der Waals surface area (Å²) in [6.07, 6.45) is -0.457. The van der Waals surface area contributed by atoms with E-state index in [-0.39, 0.29) is 0 Å². The molecule has 10 aromatic carbocycles. The Kier molecular flexibility index (Phi) is 7.07. The zero-order chi connectivity index (χ0) is 41.2. The van der Waals surface area contributed by atoms with Crippen LogP contribution in [0.5, 0.6) is 0 Å². The lowest BCUT2D eigenvalue weighted by molar-refractivity contribution is 0.662. The molecule has 1 aliphatic rings. The van der Waals surface area contributed by atoms with Gasteiger partial charge in [-0.3, -0.25) is 0 Å². The second kappa shape index (κ2) is 13.0. The van der Waals surface area contributed by atoms with Gasteiger partial charge in [-0.2, -0.15) is 0 Å². The maximum Gasteiger partial charge on any atom is 0.163 e. The molecule has 4 heterocycles. The van der Waals surface area contributed by atoms with Gasteiger partial charge in [0.15, 0.2) is 5.84 Å².